The van der Waals surface area contributed by atoms with Gasteiger partial charge in [-0.2, -0.15) is 5.10 Å². The highest BCUT2D eigenvalue weighted by molar-refractivity contribution is 6.35. The third-order valence-corrected chi connectivity index (χ3v) is 5.66. The summed E-state index contributed by atoms with van der Waals surface area (Å²) in [6.07, 6.45) is 1.83. The number of amides is 3. The molecule has 12 heteroatoms. The zero-order valence-corrected chi connectivity index (χ0v) is 22.9. The van der Waals surface area contributed by atoms with Crippen molar-refractivity contribution in [1.29, 1.82) is 0 Å². The third-order valence-electron chi connectivity index (χ3n) is 5.41. The lowest BCUT2D eigenvalue weighted by Crippen LogP contribution is -2.38. The second-order valence-electron chi connectivity index (χ2n) is 8.15. The Hall–Kier alpha value is -4.77. The molecule has 0 atom stereocenters. The van der Waals surface area contributed by atoms with Gasteiger partial charge in [-0.15, -0.1) is 0 Å². The van der Waals surface area contributed by atoms with Crippen molar-refractivity contribution < 1.29 is 33.3 Å². The molecular formula is C28H29ClN4O7. The highest BCUT2D eigenvalue weighted by Crippen LogP contribution is 2.28. The fourth-order valence-corrected chi connectivity index (χ4v) is 3.54. The van der Waals surface area contributed by atoms with E-state index < -0.39 is 11.8 Å². The molecule has 0 bridgehead atoms. The Bertz CT molecular complexity index is 1360. The molecule has 0 radical (unpaired) electrons. The molecule has 210 valence electrons. The standard InChI is InChI=1S/C28H29ClN4O7/c1-37-22-10-4-18(14-24(22)38-2)12-13-30-27(35)28(36)33-31-16-19-5-11-23(25(15-19)39-3)40-17-26(34)32-21-8-6-20(29)7-9-21/h4-11,14-16H,12-13,17H2,1-3H3,(H,30,35)(H,32,34)(H,33,36)/b31-16-. The number of halogens is 1. The fraction of sp³-hybridized carbons (Fsp3) is 0.214. The molecule has 0 saturated carbocycles. The molecule has 40 heavy (non-hydrogen) atoms. The maximum absolute atomic E-state index is 12.2. The van der Waals surface area contributed by atoms with E-state index in [4.69, 9.17) is 30.5 Å². The van der Waals surface area contributed by atoms with Crippen molar-refractivity contribution in [2.45, 2.75) is 6.42 Å². The zero-order chi connectivity index (χ0) is 28.9. The topological polar surface area (TPSA) is 137 Å². The van der Waals surface area contributed by atoms with Gasteiger partial charge < -0.3 is 29.6 Å². The smallest absolute Gasteiger partial charge is 0.329 e. The number of hydrazone groups is 1. The first-order valence-corrected chi connectivity index (χ1v) is 12.4. The third kappa shape index (κ3) is 8.91. The van der Waals surface area contributed by atoms with Crippen LogP contribution in [-0.2, 0) is 20.8 Å². The van der Waals surface area contributed by atoms with E-state index in [2.05, 4.69) is 21.2 Å². The Morgan fingerprint density at radius 3 is 2.20 bits per heavy atom. The number of hydrogen-bond donors (Lipinski definition) is 3. The van der Waals surface area contributed by atoms with E-state index in [1.54, 1.807) is 61.7 Å². The van der Waals surface area contributed by atoms with E-state index in [9.17, 15) is 14.4 Å². The van der Waals surface area contributed by atoms with Gasteiger partial charge in [0.2, 0.25) is 0 Å². The van der Waals surface area contributed by atoms with Crippen molar-refractivity contribution in [3.63, 3.8) is 0 Å². The minimum absolute atomic E-state index is 0.238. The van der Waals surface area contributed by atoms with Crippen LogP contribution in [0.3, 0.4) is 0 Å². The summed E-state index contributed by atoms with van der Waals surface area (Å²) in [5.41, 5.74) is 4.23. The van der Waals surface area contributed by atoms with Crippen LogP contribution in [0.15, 0.2) is 65.8 Å². The Morgan fingerprint density at radius 1 is 0.825 bits per heavy atom. The Morgan fingerprint density at radius 2 is 1.50 bits per heavy atom. The molecule has 3 amide bonds. The minimum Gasteiger partial charge on any atom is -0.493 e. The Labute approximate surface area is 236 Å². The van der Waals surface area contributed by atoms with Crippen molar-refractivity contribution in [2.75, 3.05) is 39.8 Å². The average molecular weight is 569 g/mol. The fourth-order valence-electron chi connectivity index (χ4n) is 3.41. The number of nitrogens with one attached hydrogen (secondary N) is 3. The second kappa shape index (κ2) is 15.0. The van der Waals surface area contributed by atoms with Gasteiger partial charge in [0, 0.05) is 17.3 Å². The zero-order valence-electron chi connectivity index (χ0n) is 22.2. The van der Waals surface area contributed by atoms with Crippen molar-refractivity contribution >= 4 is 41.2 Å². The molecule has 0 heterocycles. The molecule has 3 N–H and O–H groups in total. The van der Waals surface area contributed by atoms with Gasteiger partial charge in [0.05, 0.1) is 27.5 Å². The molecule has 0 aliphatic rings. The van der Waals surface area contributed by atoms with Gasteiger partial charge in [-0.25, -0.2) is 5.43 Å². The Balaban J connectivity index is 1.45. The second-order valence-corrected chi connectivity index (χ2v) is 8.58. The van der Waals surface area contributed by atoms with Crippen molar-refractivity contribution in [2.24, 2.45) is 5.10 Å². The first-order valence-electron chi connectivity index (χ1n) is 12.0. The van der Waals surface area contributed by atoms with E-state index in [-0.39, 0.29) is 19.1 Å². The lowest BCUT2D eigenvalue weighted by molar-refractivity contribution is -0.139. The maximum Gasteiger partial charge on any atom is 0.329 e. The van der Waals surface area contributed by atoms with Crippen LogP contribution >= 0.6 is 11.6 Å². The van der Waals surface area contributed by atoms with Crippen LogP contribution in [0.5, 0.6) is 23.0 Å². The molecule has 0 spiro atoms. The number of hydrogen-bond acceptors (Lipinski definition) is 8. The lowest BCUT2D eigenvalue weighted by atomic mass is 10.1. The molecule has 0 fully saturated rings. The van der Waals surface area contributed by atoms with E-state index in [1.165, 1.54) is 20.4 Å². The maximum atomic E-state index is 12.2. The summed E-state index contributed by atoms with van der Waals surface area (Å²) in [6, 6.07) is 16.9. The molecule has 3 rings (SSSR count). The quantitative estimate of drug-likeness (QED) is 0.173. The molecule has 3 aromatic carbocycles. The van der Waals surface area contributed by atoms with Crippen molar-refractivity contribution in [3.05, 3.63) is 76.8 Å². The molecule has 0 aliphatic carbocycles. The van der Waals surface area contributed by atoms with Gasteiger partial charge in [-0.1, -0.05) is 17.7 Å². The largest absolute Gasteiger partial charge is 0.493 e. The predicted molar refractivity (Wildman–Crippen MR) is 151 cm³/mol. The normalized spacial score (nSPS) is 10.5. The van der Waals surface area contributed by atoms with Gasteiger partial charge in [0.15, 0.2) is 29.6 Å². The number of carbonyl (C=O) groups excluding carboxylic acids is 3. The number of benzene rings is 3. The van der Waals surface area contributed by atoms with Gasteiger partial charge in [-0.3, -0.25) is 14.4 Å². The predicted octanol–water partition coefficient (Wildman–Crippen LogP) is 3.19. The SMILES string of the molecule is COc1ccc(CCNC(=O)C(=O)N/N=C\c2ccc(OCC(=O)Nc3ccc(Cl)cc3)c(OC)c2)cc1OC. The van der Waals surface area contributed by atoms with Crippen LogP contribution in [-0.4, -0.2) is 58.4 Å². The average Bonchev–Trinajstić information content (AvgIpc) is 2.97. The van der Waals surface area contributed by atoms with Gasteiger partial charge in [0.25, 0.3) is 5.91 Å². The molecular weight excluding hydrogens is 540 g/mol. The number of ether oxygens (including phenoxy) is 4. The summed E-state index contributed by atoms with van der Waals surface area (Å²) in [4.78, 5) is 36.3. The van der Waals surface area contributed by atoms with Crippen LogP contribution < -0.4 is 35.0 Å². The van der Waals surface area contributed by atoms with Crippen LogP contribution in [0, 0.1) is 0 Å². The highest BCUT2D eigenvalue weighted by atomic mass is 35.5. The minimum atomic E-state index is -0.915. The monoisotopic (exact) mass is 568 g/mol. The van der Waals surface area contributed by atoms with Crippen LogP contribution in [0.2, 0.25) is 5.02 Å². The number of carbonyl (C=O) groups is 3. The summed E-state index contributed by atoms with van der Waals surface area (Å²) in [5, 5.41) is 9.62. The van der Waals surface area contributed by atoms with Gasteiger partial charge >= 0.3 is 11.8 Å². The summed E-state index contributed by atoms with van der Waals surface area (Å²) < 4.78 is 21.4. The summed E-state index contributed by atoms with van der Waals surface area (Å²) in [5.74, 6) is -0.233. The van der Waals surface area contributed by atoms with Crippen molar-refractivity contribution in [1.82, 2.24) is 10.7 Å². The number of nitrogens with zero attached hydrogens (tertiary/aromatic N) is 1. The van der Waals surface area contributed by atoms with Crippen molar-refractivity contribution in [3.8, 4) is 23.0 Å². The molecule has 0 aromatic heterocycles. The van der Waals surface area contributed by atoms with Gasteiger partial charge in [0.1, 0.15) is 0 Å². The first kappa shape index (κ1) is 29.8. The lowest BCUT2D eigenvalue weighted by Gasteiger charge is -2.11. The summed E-state index contributed by atoms with van der Waals surface area (Å²) >= 11 is 5.84. The highest BCUT2D eigenvalue weighted by Gasteiger charge is 2.13. The summed E-state index contributed by atoms with van der Waals surface area (Å²) in [7, 11) is 4.54. The Kier molecular flexibility index (Phi) is 11.2. The van der Waals surface area contributed by atoms with Gasteiger partial charge in [-0.05, 0) is 72.1 Å². The number of methoxy groups -OCH3 is 3. The van der Waals surface area contributed by atoms with Crippen LogP contribution in [0.4, 0.5) is 5.69 Å². The van der Waals surface area contributed by atoms with Crippen LogP contribution in [0.1, 0.15) is 11.1 Å². The van der Waals surface area contributed by atoms with Crippen LogP contribution in [0.25, 0.3) is 0 Å². The molecule has 11 nitrogen and oxygen atoms in total. The number of rotatable bonds is 12. The molecule has 0 unspecified atom stereocenters. The van der Waals surface area contributed by atoms with E-state index >= 15 is 0 Å². The van der Waals surface area contributed by atoms with E-state index in [0.29, 0.717) is 45.7 Å². The molecule has 0 saturated heterocycles. The molecule has 3 aromatic rings. The molecule has 0 aliphatic heterocycles. The van der Waals surface area contributed by atoms with E-state index in [0.717, 1.165) is 5.56 Å². The summed E-state index contributed by atoms with van der Waals surface area (Å²) in [6.45, 7) is -0.00850. The van der Waals surface area contributed by atoms with E-state index in [1.807, 2.05) is 6.07 Å². The number of anilines is 1. The first-order chi connectivity index (χ1) is 19.3.